The standard InChI is InChI=1S/C13H13N3O3/c1-3-6-16-11(12(14)15-13(16)18)8-4-5-10(19-2)9(17)7-8/h1,4-5,7,11,17H,6H2,2H3,(H2,14,15,18). The molecule has 1 aliphatic rings. The maximum Gasteiger partial charge on any atom is 0.324 e. The minimum absolute atomic E-state index is 0.0322. The van der Waals surface area contributed by atoms with Gasteiger partial charge in [0.05, 0.1) is 13.7 Å². The lowest BCUT2D eigenvalue weighted by atomic mass is 10.0. The highest BCUT2D eigenvalue weighted by atomic mass is 16.5. The molecule has 0 aliphatic carbocycles. The van der Waals surface area contributed by atoms with Crippen LogP contribution in [0.4, 0.5) is 4.79 Å². The predicted octanol–water partition coefficient (Wildman–Crippen LogP) is 1.08. The minimum Gasteiger partial charge on any atom is -0.504 e. The van der Waals surface area contributed by atoms with E-state index < -0.39 is 12.1 Å². The van der Waals surface area contributed by atoms with Crippen molar-refractivity contribution in [2.75, 3.05) is 13.7 Å². The van der Waals surface area contributed by atoms with Gasteiger partial charge in [-0.15, -0.1) is 6.42 Å². The number of phenolic OH excluding ortho intramolecular Hbond substituents is 1. The number of phenols is 1. The van der Waals surface area contributed by atoms with E-state index in [-0.39, 0.29) is 18.1 Å². The molecular formula is C13H13N3O3. The van der Waals surface area contributed by atoms with Crippen molar-refractivity contribution in [3.63, 3.8) is 0 Å². The van der Waals surface area contributed by atoms with Crippen molar-refractivity contribution < 1.29 is 14.6 Å². The Bertz CT molecular complexity index is 577. The van der Waals surface area contributed by atoms with Crippen molar-refractivity contribution in [2.24, 2.45) is 0 Å². The Kier molecular flexibility index (Phi) is 3.29. The van der Waals surface area contributed by atoms with Crippen molar-refractivity contribution in [1.29, 1.82) is 5.41 Å². The number of ether oxygens (including phenoxy) is 1. The van der Waals surface area contributed by atoms with E-state index in [2.05, 4.69) is 11.2 Å². The van der Waals surface area contributed by atoms with Crippen LogP contribution in [-0.2, 0) is 0 Å². The van der Waals surface area contributed by atoms with Crippen molar-refractivity contribution in [1.82, 2.24) is 10.2 Å². The molecule has 1 aromatic rings. The second kappa shape index (κ2) is 4.90. The summed E-state index contributed by atoms with van der Waals surface area (Å²) in [4.78, 5) is 13.0. The largest absolute Gasteiger partial charge is 0.504 e. The Labute approximate surface area is 110 Å². The molecule has 1 fully saturated rings. The van der Waals surface area contributed by atoms with E-state index in [1.165, 1.54) is 18.1 Å². The van der Waals surface area contributed by atoms with E-state index in [1.54, 1.807) is 12.1 Å². The molecule has 19 heavy (non-hydrogen) atoms. The average Bonchev–Trinajstić information content (AvgIpc) is 2.65. The lowest BCUT2D eigenvalue weighted by molar-refractivity contribution is 0.212. The zero-order valence-corrected chi connectivity index (χ0v) is 10.3. The van der Waals surface area contributed by atoms with Gasteiger partial charge in [0.1, 0.15) is 11.9 Å². The third kappa shape index (κ3) is 2.18. The number of carbonyl (C=O) groups excluding carboxylic acids is 1. The number of hydrogen-bond acceptors (Lipinski definition) is 4. The summed E-state index contributed by atoms with van der Waals surface area (Å²) < 4.78 is 4.95. The molecule has 0 spiro atoms. The van der Waals surface area contributed by atoms with Crippen LogP contribution in [0.1, 0.15) is 11.6 Å². The lowest BCUT2D eigenvalue weighted by Gasteiger charge is -2.21. The molecule has 0 saturated carbocycles. The van der Waals surface area contributed by atoms with E-state index >= 15 is 0 Å². The minimum atomic E-state index is -0.611. The average molecular weight is 259 g/mol. The normalized spacial score (nSPS) is 18.1. The van der Waals surface area contributed by atoms with Gasteiger partial charge in [0.2, 0.25) is 0 Å². The molecule has 2 amide bonds. The van der Waals surface area contributed by atoms with Crippen LogP contribution in [0.3, 0.4) is 0 Å². The Morgan fingerprint density at radius 1 is 1.63 bits per heavy atom. The molecule has 2 rings (SSSR count). The molecule has 1 aromatic carbocycles. The van der Waals surface area contributed by atoms with E-state index in [0.717, 1.165) is 0 Å². The van der Waals surface area contributed by atoms with Crippen LogP contribution < -0.4 is 10.1 Å². The summed E-state index contributed by atoms with van der Waals surface area (Å²) in [5.41, 5.74) is 0.594. The molecule has 1 atom stereocenters. The summed E-state index contributed by atoms with van der Waals surface area (Å²) in [7, 11) is 1.45. The number of hydrogen-bond donors (Lipinski definition) is 3. The Hall–Kier alpha value is -2.68. The molecule has 1 heterocycles. The fraction of sp³-hybridized carbons (Fsp3) is 0.231. The first-order chi connectivity index (χ1) is 9.08. The summed E-state index contributed by atoms with van der Waals surface area (Å²) in [6.07, 6.45) is 5.22. The molecule has 1 aliphatic heterocycles. The van der Waals surface area contributed by atoms with Crippen LogP contribution >= 0.6 is 0 Å². The smallest absolute Gasteiger partial charge is 0.324 e. The molecule has 0 aromatic heterocycles. The van der Waals surface area contributed by atoms with Crippen molar-refractivity contribution in [2.45, 2.75) is 6.04 Å². The number of amides is 2. The lowest BCUT2D eigenvalue weighted by Crippen LogP contribution is -2.30. The number of amidine groups is 1. The molecule has 3 N–H and O–H groups in total. The van der Waals surface area contributed by atoms with Gasteiger partial charge in [0, 0.05) is 0 Å². The second-order valence-electron chi connectivity index (χ2n) is 4.01. The molecule has 1 saturated heterocycles. The molecule has 1 unspecified atom stereocenters. The van der Waals surface area contributed by atoms with Gasteiger partial charge in [-0.05, 0) is 17.7 Å². The van der Waals surface area contributed by atoms with Gasteiger partial charge in [-0.25, -0.2) is 4.79 Å². The van der Waals surface area contributed by atoms with E-state index in [4.69, 9.17) is 16.6 Å². The highest BCUT2D eigenvalue weighted by Crippen LogP contribution is 2.32. The third-order valence-electron chi connectivity index (χ3n) is 2.87. The van der Waals surface area contributed by atoms with Crippen molar-refractivity contribution >= 4 is 11.9 Å². The molecule has 98 valence electrons. The SMILES string of the molecule is C#CCN1C(=O)NC(=N)C1c1ccc(OC)c(O)c1. The maximum atomic E-state index is 11.7. The summed E-state index contributed by atoms with van der Waals surface area (Å²) in [6.45, 7) is 0.0890. The number of methoxy groups -OCH3 is 1. The number of nitrogens with one attached hydrogen (secondary N) is 2. The maximum absolute atomic E-state index is 11.7. The van der Waals surface area contributed by atoms with Gasteiger partial charge in [0.25, 0.3) is 0 Å². The second-order valence-corrected chi connectivity index (χ2v) is 4.01. The van der Waals surface area contributed by atoms with Crippen LogP contribution in [0.25, 0.3) is 0 Å². The number of nitrogens with zero attached hydrogens (tertiary/aromatic N) is 1. The summed E-state index contributed by atoms with van der Waals surface area (Å²) in [5, 5.41) is 20.0. The van der Waals surface area contributed by atoms with Gasteiger partial charge >= 0.3 is 6.03 Å². The van der Waals surface area contributed by atoms with Crippen LogP contribution in [0.2, 0.25) is 0 Å². The predicted molar refractivity (Wildman–Crippen MR) is 69.2 cm³/mol. The molecule has 0 radical (unpaired) electrons. The highest BCUT2D eigenvalue weighted by molar-refractivity contribution is 6.06. The van der Waals surface area contributed by atoms with Gasteiger partial charge in [0.15, 0.2) is 11.5 Å². The van der Waals surface area contributed by atoms with Crippen LogP contribution in [0, 0.1) is 17.8 Å². The number of urea groups is 1. The van der Waals surface area contributed by atoms with Gasteiger partial charge in [-0.2, -0.15) is 0 Å². The number of rotatable bonds is 3. The summed E-state index contributed by atoms with van der Waals surface area (Å²) in [5.74, 6) is 2.69. The zero-order chi connectivity index (χ0) is 14.0. The Morgan fingerprint density at radius 2 is 2.37 bits per heavy atom. The monoisotopic (exact) mass is 259 g/mol. The van der Waals surface area contributed by atoms with Gasteiger partial charge in [-0.1, -0.05) is 12.0 Å². The van der Waals surface area contributed by atoms with Crippen LogP contribution in [0.5, 0.6) is 11.5 Å². The van der Waals surface area contributed by atoms with Crippen LogP contribution in [-0.4, -0.2) is 35.5 Å². The number of carbonyl (C=O) groups is 1. The highest BCUT2D eigenvalue weighted by Gasteiger charge is 2.36. The topological polar surface area (TPSA) is 85.7 Å². The fourth-order valence-corrected chi connectivity index (χ4v) is 2.01. The van der Waals surface area contributed by atoms with Crippen molar-refractivity contribution in [3.05, 3.63) is 23.8 Å². The van der Waals surface area contributed by atoms with Gasteiger partial charge in [-0.3, -0.25) is 15.6 Å². The Morgan fingerprint density at radius 3 is 2.95 bits per heavy atom. The number of aromatic hydroxyl groups is 1. The molecule has 0 bridgehead atoms. The summed E-state index contributed by atoms with van der Waals surface area (Å²) >= 11 is 0. The molecule has 6 nitrogen and oxygen atoms in total. The van der Waals surface area contributed by atoms with Crippen molar-refractivity contribution in [3.8, 4) is 23.8 Å². The molecule has 6 heteroatoms. The van der Waals surface area contributed by atoms with Crippen LogP contribution in [0.15, 0.2) is 18.2 Å². The number of benzene rings is 1. The zero-order valence-electron chi connectivity index (χ0n) is 10.3. The number of terminal acetylenes is 1. The molecular weight excluding hydrogens is 246 g/mol. The fourth-order valence-electron chi connectivity index (χ4n) is 2.01. The quantitative estimate of drug-likeness (QED) is 0.710. The van der Waals surface area contributed by atoms with E-state index in [1.807, 2.05) is 0 Å². The van der Waals surface area contributed by atoms with Gasteiger partial charge < -0.3 is 9.84 Å². The van der Waals surface area contributed by atoms with E-state index in [0.29, 0.717) is 11.3 Å². The third-order valence-corrected chi connectivity index (χ3v) is 2.87. The van der Waals surface area contributed by atoms with E-state index in [9.17, 15) is 9.90 Å². The first-order valence-electron chi connectivity index (χ1n) is 5.55. The first kappa shape index (κ1) is 12.8. The Balaban J connectivity index is 2.39. The first-order valence-corrected chi connectivity index (χ1v) is 5.55. The summed E-state index contributed by atoms with van der Waals surface area (Å²) in [6, 6.07) is 3.70.